The van der Waals surface area contributed by atoms with Crippen LogP contribution in [0.3, 0.4) is 0 Å². The molecule has 244 valence electrons. The topological polar surface area (TPSA) is 141 Å². The molecule has 0 saturated carbocycles. The number of hydrogen-bond acceptors (Lipinski definition) is 8. The van der Waals surface area contributed by atoms with Crippen LogP contribution in [-0.2, 0) is 14.3 Å². The summed E-state index contributed by atoms with van der Waals surface area (Å²) in [5.41, 5.74) is -0.125. The Bertz CT molecular complexity index is 1050. The van der Waals surface area contributed by atoms with Crippen molar-refractivity contribution in [1.29, 1.82) is 0 Å². The largest absolute Gasteiger partial charge is 0.476 e. The van der Waals surface area contributed by atoms with Gasteiger partial charge in [-0.25, -0.2) is 14.6 Å². The number of hydrogen-bond donors (Lipinski definition) is 3. The lowest BCUT2D eigenvalue weighted by molar-refractivity contribution is -0.148. The van der Waals surface area contributed by atoms with Gasteiger partial charge in [0, 0.05) is 31.4 Å². The Labute approximate surface area is 261 Å². The molecule has 0 aliphatic carbocycles. The van der Waals surface area contributed by atoms with Crippen LogP contribution in [0.4, 0.5) is 4.79 Å². The first-order valence-electron chi connectivity index (χ1n) is 15.8. The van der Waals surface area contributed by atoms with E-state index in [9.17, 15) is 24.3 Å². The predicted molar refractivity (Wildman–Crippen MR) is 168 cm³/mol. The highest BCUT2D eigenvalue weighted by atomic mass is 32.1. The lowest BCUT2D eigenvalue weighted by Gasteiger charge is -2.40. The van der Waals surface area contributed by atoms with Crippen LogP contribution in [0, 0.1) is 17.8 Å². The number of unbranched alkanes of at least 4 members (excludes halogenated alkanes) is 3. The number of aromatic carboxylic acids is 1. The van der Waals surface area contributed by atoms with Crippen LogP contribution in [-0.4, -0.2) is 83.2 Å². The summed E-state index contributed by atoms with van der Waals surface area (Å²) in [5.74, 6) is -2.71. The minimum Gasteiger partial charge on any atom is -0.476 e. The van der Waals surface area contributed by atoms with Gasteiger partial charge in [-0.1, -0.05) is 60.3 Å². The highest BCUT2D eigenvalue weighted by molar-refractivity contribution is 7.09. The Kier molecular flexibility index (Phi) is 15.4. The second-order valence-corrected chi connectivity index (χ2v) is 12.9. The van der Waals surface area contributed by atoms with Gasteiger partial charge in [0.15, 0.2) is 11.8 Å². The van der Waals surface area contributed by atoms with Gasteiger partial charge in [0.25, 0.3) is 0 Å². The van der Waals surface area contributed by atoms with Gasteiger partial charge in [0.1, 0.15) is 10.9 Å². The summed E-state index contributed by atoms with van der Waals surface area (Å²) < 4.78 is 5.70. The number of rotatable bonds is 17. The molecule has 5 atom stereocenters. The van der Waals surface area contributed by atoms with E-state index in [1.54, 1.807) is 0 Å². The van der Waals surface area contributed by atoms with Crippen LogP contribution in [0.15, 0.2) is 5.38 Å². The van der Waals surface area contributed by atoms with Crippen LogP contribution >= 0.6 is 11.3 Å². The van der Waals surface area contributed by atoms with Gasteiger partial charge in [-0.3, -0.25) is 14.5 Å². The average Bonchev–Trinajstić information content (AvgIpc) is 3.47. The number of alkyl carbamates (subject to hydrolysis) is 1. The van der Waals surface area contributed by atoms with Gasteiger partial charge in [0.2, 0.25) is 11.8 Å². The first-order valence-corrected chi connectivity index (χ1v) is 16.7. The van der Waals surface area contributed by atoms with Crippen molar-refractivity contribution in [2.45, 2.75) is 111 Å². The van der Waals surface area contributed by atoms with Gasteiger partial charge < -0.3 is 25.4 Å². The minimum absolute atomic E-state index is 0.0464. The van der Waals surface area contributed by atoms with Crippen molar-refractivity contribution >= 4 is 35.2 Å². The average molecular weight is 624 g/mol. The standard InChI is InChI=1S/C31H53N5O6S/c1-8-10-11-13-17-36(29(38)26(21(5)9-2)27(37)34-25-15-12-14-16-35(25)7)23(20(3)4)18-24(42-31(41)32-6)28-33-22(19-43-28)30(39)40/h19-21,23-26H,8-18H2,1-7H3,(H,32,41)(H,34,37)(H,39,40)/t21-,23+,24+,25+,26-/m0/s1. The summed E-state index contributed by atoms with van der Waals surface area (Å²) in [6.07, 6.45) is 6.03. The molecule has 1 aliphatic rings. The molecular formula is C31H53N5O6S. The molecule has 0 spiro atoms. The molecule has 1 aliphatic heterocycles. The van der Waals surface area contributed by atoms with E-state index in [1.807, 2.05) is 39.6 Å². The molecule has 0 bridgehead atoms. The van der Waals surface area contributed by atoms with Gasteiger partial charge in [-0.05, 0) is 51.1 Å². The summed E-state index contributed by atoms with van der Waals surface area (Å²) >= 11 is 1.11. The SMILES string of the molecule is CCCCCCN(C(=O)[C@H](C(=O)N[C@H]1CCCCN1C)[C@@H](C)CC)[C@H](C[C@@H](OC(=O)NC)c1nc(C(=O)O)cs1)C(C)C. The van der Waals surface area contributed by atoms with Crippen molar-refractivity contribution in [2.24, 2.45) is 17.8 Å². The third-order valence-corrected chi connectivity index (χ3v) is 9.41. The molecule has 1 aromatic rings. The maximum atomic E-state index is 14.5. The first kappa shape index (κ1) is 36.5. The van der Waals surface area contributed by atoms with Crippen LogP contribution in [0.25, 0.3) is 0 Å². The van der Waals surface area contributed by atoms with E-state index in [-0.39, 0.29) is 41.9 Å². The molecule has 0 unspecified atom stereocenters. The number of carboxylic acids is 1. The number of likely N-dealkylation sites (tertiary alicyclic amines) is 1. The molecule has 0 radical (unpaired) electrons. The summed E-state index contributed by atoms with van der Waals surface area (Å²) in [7, 11) is 3.45. The number of aromatic nitrogens is 1. The molecule has 3 amide bonds. The smallest absolute Gasteiger partial charge is 0.407 e. The Hall–Kier alpha value is -2.73. The van der Waals surface area contributed by atoms with E-state index < -0.39 is 30.1 Å². The third kappa shape index (κ3) is 10.7. The molecule has 12 heteroatoms. The number of ether oxygens (including phenoxy) is 1. The Morgan fingerprint density at radius 1 is 1.16 bits per heavy atom. The quantitative estimate of drug-likeness (QED) is 0.157. The zero-order chi connectivity index (χ0) is 32.1. The highest BCUT2D eigenvalue weighted by Crippen LogP contribution is 2.32. The number of nitrogens with one attached hydrogen (secondary N) is 2. The molecule has 2 rings (SSSR count). The number of piperidine rings is 1. The molecule has 3 N–H and O–H groups in total. The molecule has 11 nitrogen and oxygen atoms in total. The zero-order valence-corrected chi connectivity index (χ0v) is 27.9. The minimum atomic E-state index is -1.17. The highest BCUT2D eigenvalue weighted by Gasteiger charge is 2.40. The Morgan fingerprint density at radius 3 is 2.44 bits per heavy atom. The van der Waals surface area contributed by atoms with Crippen molar-refractivity contribution in [3.63, 3.8) is 0 Å². The fourth-order valence-corrected chi connectivity index (χ4v) is 6.42. The number of thiazole rings is 1. The van der Waals surface area contributed by atoms with Gasteiger partial charge >= 0.3 is 12.1 Å². The Balaban J connectivity index is 2.47. The molecule has 43 heavy (non-hydrogen) atoms. The molecular weight excluding hydrogens is 570 g/mol. The molecule has 1 saturated heterocycles. The fourth-order valence-electron chi connectivity index (χ4n) is 5.59. The van der Waals surface area contributed by atoms with Crippen molar-refractivity contribution < 1.29 is 29.0 Å². The Morgan fingerprint density at radius 2 is 1.88 bits per heavy atom. The predicted octanol–water partition coefficient (Wildman–Crippen LogP) is 5.28. The lowest BCUT2D eigenvalue weighted by Crippen LogP contribution is -2.56. The second kappa shape index (κ2) is 18.2. The number of amides is 3. The second-order valence-electron chi connectivity index (χ2n) is 12.0. The van der Waals surface area contributed by atoms with E-state index in [2.05, 4.69) is 27.4 Å². The van der Waals surface area contributed by atoms with E-state index in [1.165, 1.54) is 12.4 Å². The van der Waals surface area contributed by atoms with E-state index >= 15 is 0 Å². The molecule has 1 aromatic heterocycles. The van der Waals surface area contributed by atoms with E-state index in [0.717, 1.165) is 62.8 Å². The van der Waals surface area contributed by atoms with Crippen molar-refractivity contribution in [2.75, 3.05) is 27.2 Å². The van der Waals surface area contributed by atoms with Gasteiger partial charge in [0.05, 0.1) is 6.17 Å². The molecule has 1 fully saturated rings. The fraction of sp³-hybridized carbons (Fsp3) is 0.774. The molecule has 0 aromatic carbocycles. The normalized spacial score (nSPS) is 18.4. The van der Waals surface area contributed by atoms with Crippen molar-refractivity contribution in [3.8, 4) is 0 Å². The number of carbonyl (C=O) groups excluding carboxylic acids is 3. The summed E-state index contributed by atoms with van der Waals surface area (Å²) in [4.78, 5) is 60.5. The van der Waals surface area contributed by atoms with Crippen LogP contribution in [0.5, 0.6) is 0 Å². The summed E-state index contributed by atoms with van der Waals surface area (Å²) in [6, 6.07) is -0.391. The van der Waals surface area contributed by atoms with E-state index in [4.69, 9.17) is 4.74 Å². The first-order chi connectivity index (χ1) is 20.4. The number of carboxylic acid groups (broad SMARTS) is 1. The van der Waals surface area contributed by atoms with E-state index in [0.29, 0.717) is 18.0 Å². The maximum Gasteiger partial charge on any atom is 0.407 e. The number of nitrogens with zero attached hydrogens (tertiary/aromatic N) is 3. The maximum absolute atomic E-state index is 14.5. The summed E-state index contributed by atoms with van der Waals surface area (Å²) in [5, 5.41) is 16.8. The van der Waals surface area contributed by atoms with Gasteiger partial charge in [-0.2, -0.15) is 0 Å². The number of carbonyl (C=O) groups is 4. The third-order valence-electron chi connectivity index (χ3n) is 8.47. The van der Waals surface area contributed by atoms with Crippen LogP contribution in [0.2, 0.25) is 0 Å². The monoisotopic (exact) mass is 623 g/mol. The summed E-state index contributed by atoms with van der Waals surface area (Å²) in [6.45, 7) is 11.5. The van der Waals surface area contributed by atoms with Crippen LogP contribution < -0.4 is 10.6 Å². The lowest BCUT2D eigenvalue weighted by atomic mass is 9.87. The molecule has 2 heterocycles. The van der Waals surface area contributed by atoms with Gasteiger partial charge in [-0.15, -0.1) is 11.3 Å². The van der Waals surface area contributed by atoms with Crippen molar-refractivity contribution in [1.82, 2.24) is 25.4 Å². The zero-order valence-electron chi connectivity index (χ0n) is 27.1. The van der Waals surface area contributed by atoms with Crippen molar-refractivity contribution in [3.05, 3.63) is 16.1 Å². The van der Waals surface area contributed by atoms with Crippen LogP contribution in [0.1, 0.15) is 114 Å².